The van der Waals surface area contributed by atoms with Crippen LogP contribution in [0.1, 0.15) is 5.56 Å². The van der Waals surface area contributed by atoms with E-state index >= 15 is 0 Å². The molecule has 0 saturated heterocycles. The normalized spacial score (nSPS) is 11.5. The van der Waals surface area contributed by atoms with Gasteiger partial charge in [0.25, 0.3) is 0 Å². The van der Waals surface area contributed by atoms with Crippen molar-refractivity contribution in [3.8, 4) is 11.4 Å². The van der Waals surface area contributed by atoms with Crippen molar-refractivity contribution >= 4 is 21.4 Å². The molecule has 0 bridgehead atoms. The van der Waals surface area contributed by atoms with E-state index in [4.69, 9.17) is 0 Å². The molecule has 0 atom stereocenters. The number of nitrogens with zero attached hydrogens (tertiary/aromatic N) is 2. The summed E-state index contributed by atoms with van der Waals surface area (Å²) in [7, 11) is -3.45. The van der Waals surface area contributed by atoms with Crippen LogP contribution in [0.2, 0.25) is 0 Å². The van der Waals surface area contributed by atoms with Crippen molar-refractivity contribution in [2.24, 2.45) is 0 Å². The van der Waals surface area contributed by atoms with Gasteiger partial charge in [-0.25, -0.2) is 13.1 Å². The van der Waals surface area contributed by atoms with E-state index in [1.165, 1.54) is 11.3 Å². The van der Waals surface area contributed by atoms with Crippen LogP contribution in [0.25, 0.3) is 11.4 Å². The molecule has 0 aliphatic heterocycles. The zero-order chi connectivity index (χ0) is 15.4. The molecule has 7 heteroatoms. The van der Waals surface area contributed by atoms with E-state index in [2.05, 4.69) is 14.7 Å². The molecule has 3 rings (SSSR count). The minimum Gasteiger partial charge on any atom is -0.255 e. The summed E-state index contributed by atoms with van der Waals surface area (Å²) >= 11 is 1.19. The lowest BCUT2D eigenvalue weighted by atomic mass is 10.2. The number of pyridine rings is 2. The number of rotatable bonds is 5. The maximum absolute atomic E-state index is 12.0. The Labute approximate surface area is 132 Å². The summed E-state index contributed by atoms with van der Waals surface area (Å²) in [6.07, 6.45) is 3.36. The average molecular weight is 331 g/mol. The zero-order valence-electron chi connectivity index (χ0n) is 11.5. The second-order valence-corrected chi connectivity index (χ2v) is 7.46. The van der Waals surface area contributed by atoms with E-state index in [0.717, 1.165) is 17.0 Å². The highest BCUT2D eigenvalue weighted by Gasteiger charge is 2.14. The second kappa shape index (κ2) is 6.35. The van der Waals surface area contributed by atoms with Crippen molar-refractivity contribution in [3.05, 3.63) is 65.8 Å². The molecule has 0 spiro atoms. The lowest BCUT2D eigenvalue weighted by molar-refractivity contribution is 0.583. The van der Waals surface area contributed by atoms with Crippen molar-refractivity contribution in [2.75, 3.05) is 0 Å². The molecule has 0 radical (unpaired) electrons. The van der Waals surface area contributed by atoms with Crippen LogP contribution in [0, 0.1) is 0 Å². The van der Waals surface area contributed by atoms with E-state index in [-0.39, 0.29) is 6.54 Å². The number of sulfonamides is 1. The van der Waals surface area contributed by atoms with E-state index < -0.39 is 10.0 Å². The summed E-state index contributed by atoms with van der Waals surface area (Å²) in [5.74, 6) is 0. The summed E-state index contributed by atoms with van der Waals surface area (Å²) in [6.45, 7) is 0.204. The Morgan fingerprint density at radius 2 is 1.86 bits per heavy atom. The second-order valence-electron chi connectivity index (χ2n) is 4.52. The third-order valence-corrected chi connectivity index (χ3v) is 5.78. The predicted molar refractivity (Wildman–Crippen MR) is 85.8 cm³/mol. The van der Waals surface area contributed by atoms with Gasteiger partial charge in [0.1, 0.15) is 4.21 Å². The zero-order valence-corrected chi connectivity index (χ0v) is 13.1. The third kappa shape index (κ3) is 3.38. The Hall–Kier alpha value is -2.09. The summed E-state index contributed by atoms with van der Waals surface area (Å²) in [5, 5.41) is 1.73. The standard InChI is InChI=1S/C15H13N3O2S2/c19-22(20,15-5-3-9-21-15)18-11-12-6-7-14(17-10-12)13-4-1-2-8-16-13/h1-10,18H,11H2. The summed E-state index contributed by atoms with van der Waals surface area (Å²) in [5.41, 5.74) is 2.33. The van der Waals surface area contributed by atoms with E-state index in [1.807, 2.05) is 30.3 Å². The van der Waals surface area contributed by atoms with Gasteiger partial charge in [-0.1, -0.05) is 18.2 Å². The average Bonchev–Trinajstić information content (AvgIpc) is 3.10. The van der Waals surface area contributed by atoms with Gasteiger partial charge in [0.2, 0.25) is 10.0 Å². The third-order valence-electron chi connectivity index (χ3n) is 2.98. The molecule has 22 heavy (non-hydrogen) atoms. The highest BCUT2D eigenvalue weighted by molar-refractivity contribution is 7.91. The van der Waals surface area contributed by atoms with Crippen LogP contribution in [0.15, 0.2) is 64.4 Å². The predicted octanol–water partition coefficient (Wildman–Crippen LogP) is 2.68. The summed E-state index contributed by atoms with van der Waals surface area (Å²) in [6, 6.07) is 12.6. The fourth-order valence-corrected chi connectivity index (χ4v) is 3.92. The fourth-order valence-electron chi connectivity index (χ4n) is 1.86. The van der Waals surface area contributed by atoms with E-state index in [0.29, 0.717) is 4.21 Å². The van der Waals surface area contributed by atoms with Gasteiger partial charge >= 0.3 is 0 Å². The fraction of sp³-hybridized carbons (Fsp3) is 0.0667. The molecular formula is C15H13N3O2S2. The first-order valence-corrected chi connectivity index (χ1v) is 8.91. The molecule has 0 aliphatic rings. The van der Waals surface area contributed by atoms with Crippen LogP contribution >= 0.6 is 11.3 Å². The molecule has 3 aromatic heterocycles. The number of aromatic nitrogens is 2. The maximum Gasteiger partial charge on any atom is 0.250 e. The van der Waals surface area contributed by atoms with Crippen LogP contribution in [-0.4, -0.2) is 18.4 Å². The highest BCUT2D eigenvalue weighted by atomic mass is 32.2. The quantitative estimate of drug-likeness (QED) is 0.780. The Morgan fingerprint density at radius 3 is 2.50 bits per heavy atom. The Balaban J connectivity index is 1.70. The summed E-state index contributed by atoms with van der Waals surface area (Å²) < 4.78 is 26.9. The maximum atomic E-state index is 12.0. The SMILES string of the molecule is O=S(=O)(NCc1ccc(-c2ccccn2)nc1)c1cccs1. The molecular weight excluding hydrogens is 318 g/mol. The van der Waals surface area contributed by atoms with Crippen molar-refractivity contribution in [1.29, 1.82) is 0 Å². The first-order chi connectivity index (χ1) is 10.6. The van der Waals surface area contributed by atoms with Gasteiger partial charge in [0.15, 0.2) is 0 Å². The Morgan fingerprint density at radius 1 is 1.00 bits per heavy atom. The van der Waals surface area contributed by atoms with Gasteiger partial charge in [-0.05, 0) is 35.2 Å². The van der Waals surface area contributed by atoms with Crippen LogP contribution < -0.4 is 4.72 Å². The van der Waals surface area contributed by atoms with Crippen molar-refractivity contribution in [1.82, 2.24) is 14.7 Å². The first-order valence-electron chi connectivity index (χ1n) is 6.55. The van der Waals surface area contributed by atoms with E-state index in [1.54, 1.807) is 29.9 Å². The number of hydrogen-bond donors (Lipinski definition) is 1. The van der Waals surface area contributed by atoms with Gasteiger partial charge in [-0.3, -0.25) is 9.97 Å². The van der Waals surface area contributed by atoms with Crippen molar-refractivity contribution < 1.29 is 8.42 Å². The van der Waals surface area contributed by atoms with Crippen LogP contribution in [0.3, 0.4) is 0 Å². The first kappa shape index (κ1) is 14.8. The lowest BCUT2D eigenvalue weighted by Crippen LogP contribution is -2.22. The monoisotopic (exact) mass is 331 g/mol. The molecule has 3 aromatic rings. The number of thiophene rings is 1. The smallest absolute Gasteiger partial charge is 0.250 e. The molecule has 5 nitrogen and oxygen atoms in total. The largest absolute Gasteiger partial charge is 0.255 e. The molecule has 0 aromatic carbocycles. The molecule has 0 saturated carbocycles. The molecule has 0 fully saturated rings. The topological polar surface area (TPSA) is 72.0 Å². The number of hydrogen-bond acceptors (Lipinski definition) is 5. The summed E-state index contributed by atoms with van der Waals surface area (Å²) in [4.78, 5) is 8.54. The van der Waals surface area contributed by atoms with Gasteiger partial charge in [0, 0.05) is 18.9 Å². The molecule has 1 N–H and O–H groups in total. The molecule has 112 valence electrons. The van der Waals surface area contributed by atoms with Gasteiger partial charge in [-0.15, -0.1) is 11.3 Å². The highest BCUT2D eigenvalue weighted by Crippen LogP contribution is 2.17. The van der Waals surface area contributed by atoms with E-state index in [9.17, 15) is 8.42 Å². The van der Waals surface area contributed by atoms with Gasteiger partial charge in [-0.2, -0.15) is 0 Å². The molecule has 3 heterocycles. The number of nitrogens with one attached hydrogen (secondary N) is 1. The Kier molecular flexibility index (Phi) is 4.28. The van der Waals surface area contributed by atoms with Crippen LogP contribution in [-0.2, 0) is 16.6 Å². The Bertz CT molecular complexity index is 830. The van der Waals surface area contributed by atoms with Crippen LogP contribution in [0.4, 0.5) is 0 Å². The van der Waals surface area contributed by atoms with Crippen molar-refractivity contribution in [3.63, 3.8) is 0 Å². The van der Waals surface area contributed by atoms with Crippen LogP contribution in [0.5, 0.6) is 0 Å². The molecule has 0 amide bonds. The lowest BCUT2D eigenvalue weighted by Gasteiger charge is -2.05. The minimum absolute atomic E-state index is 0.204. The van der Waals surface area contributed by atoms with Crippen molar-refractivity contribution in [2.45, 2.75) is 10.8 Å². The van der Waals surface area contributed by atoms with Gasteiger partial charge in [0.05, 0.1) is 11.4 Å². The molecule has 0 aliphatic carbocycles. The molecule has 0 unspecified atom stereocenters. The minimum atomic E-state index is -3.45. The van der Waals surface area contributed by atoms with Gasteiger partial charge < -0.3 is 0 Å².